The Balaban J connectivity index is 1.38. The summed E-state index contributed by atoms with van der Waals surface area (Å²) in [6.07, 6.45) is 5.72. The molecular formula is C19H23N3O2. The minimum absolute atomic E-state index is 0.122. The predicted molar refractivity (Wildman–Crippen MR) is 90.9 cm³/mol. The van der Waals surface area contributed by atoms with Crippen LogP contribution in [0.25, 0.3) is 0 Å². The van der Waals surface area contributed by atoms with E-state index in [4.69, 9.17) is 4.42 Å². The maximum Gasteiger partial charge on any atom is 0.273 e. The molecule has 24 heavy (non-hydrogen) atoms. The number of carbonyl (C=O) groups is 1. The van der Waals surface area contributed by atoms with Gasteiger partial charge in [0.1, 0.15) is 5.76 Å². The molecule has 0 saturated carbocycles. The lowest BCUT2D eigenvalue weighted by Crippen LogP contribution is -2.51. The Kier molecular flexibility index (Phi) is 4.10. The first-order valence-corrected chi connectivity index (χ1v) is 8.72. The molecule has 0 spiro atoms. The Morgan fingerprint density at radius 2 is 2.04 bits per heavy atom. The fourth-order valence-electron chi connectivity index (χ4n) is 4.03. The molecular weight excluding hydrogens is 302 g/mol. The standard InChI is InChI=1S/C19H23N3O2/c1-13-18(20-12-24-13)19(23)21-16-7-4-8-22(11-16)17-9-14-5-2-3-6-15(14)10-17/h2-3,5-6,12,16-17H,4,7-11H2,1H3,(H,21,23)/t16-/m0/s1. The summed E-state index contributed by atoms with van der Waals surface area (Å²) in [5, 5.41) is 3.13. The van der Waals surface area contributed by atoms with E-state index >= 15 is 0 Å². The van der Waals surface area contributed by atoms with E-state index in [1.165, 1.54) is 17.5 Å². The van der Waals surface area contributed by atoms with Crippen molar-refractivity contribution < 1.29 is 9.21 Å². The highest BCUT2D eigenvalue weighted by Gasteiger charge is 2.31. The second-order valence-electron chi connectivity index (χ2n) is 6.90. The maximum atomic E-state index is 12.3. The van der Waals surface area contributed by atoms with Gasteiger partial charge >= 0.3 is 0 Å². The molecule has 2 aromatic rings. The third-order valence-corrected chi connectivity index (χ3v) is 5.29. The molecule has 0 radical (unpaired) electrons. The van der Waals surface area contributed by atoms with E-state index in [1.54, 1.807) is 6.92 Å². The molecule has 1 N–H and O–H groups in total. The van der Waals surface area contributed by atoms with Gasteiger partial charge in [-0.05, 0) is 50.3 Å². The number of aryl methyl sites for hydroxylation is 1. The number of piperidine rings is 1. The molecule has 0 unspecified atom stereocenters. The number of aromatic nitrogens is 1. The minimum atomic E-state index is -0.122. The first-order valence-electron chi connectivity index (χ1n) is 8.72. The first-order chi connectivity index (χ1) is 11.7. The van der Waals surface area contributed by atoms with Gasteiger partial charge in [0.05, 0.1) is 0 Å². The number of likely N-dealkylation sites (tertiary alicyclic amines) is 1. The van der Waals surface area contributed by atoms with Crippen molar-refractivity contribution in [3.63, 3.8) is 0 Å². The fourth-order valence-corrected chi connectivity index (χ4v) is 4.03. The lowest BCUT2D eigenvalue weighted by atomic mass is 10.0. The lowest BCUT2D eigenvalue weighted by molar-refractivity contribution is 0.0870. The average molecular weight is 325 g/mol. The smallest absolute Gasteiger partial charge is 0.273 e. The van der Waals surface area contributed by atoms with Gasteiger partial charge in [-0.25, -0.2) is 4.98 Å². The average Bonchev–Trinajstić information content (AvgIpc) is 3.21. The van der Waals surface area contributed by atoms with Crippen LogP contribution in [0.15, 0.2) is 35.1 Å². The third-order valence-electron chi connectivity index (χ3n) is 5.29. The van der Waals surface area contributed by atoms with E-state index in [0.717, 1.165) is 38.8 Å². The summed E-state index contributed by atoms with van der Waals surface area (Å²) in [5.41, 5.74) is 3.36. The van der Waals surface area contributed by atoms with Crippen molar-refractivity contribution in [1.82, 2.24) is 15.2 Å². The van der Waals surface area contributed by atoms with Crippen molar-refractivity contribution >= 4 is 5.91 Å². The van der Waals surface area contributed by atoms with Gasteiger partial charge in [-0.2, -0.15) is 0 Å². The monoisotopic (exact) mass is 325 g/mol. The molecule has 1 saturated heterocycles. The molecule has 126 valence electrons. The Bertz CT molecular complexity index is 715. The van der Waals surface area contributed by atoms with Crippen molar-refractivity contribution in [2.24, 2.45) is 0 Å². The van der Waals surface area contributed by atoms with Crippen molar-refractivity contribution in [2.45, 2.75) is 44.7 Å². The Morgan fingerprint density at radius 1 is 1.29 bits per heavy atom. The van der Waals surface area contributed by atoms with Gasteiger partial charge in [0.2, 0.25) is 0 Å². The number of nitrogens with zero attached hydrogens (tertiary/aromatic N) is 2. The summed E-state index contributed by atoms with van der Waals surface area (Å²) in [6, 6.07) is 9.49. The zero-order valence-corrected chi connectivity index (χ0v) is 14.0. The number of benzene rings is 1. The third kappa shape index (κ3) is 2.96. The molecule has 5 nitrogen and oxygen atoms in total. The summed E-state index contributed by atoms with van der Waals surface area (Å²) >= 11 is 0. The minimum Gasteiger partial charge on any atom is -0.448 e. The van der Waals surface area contributed by atoms with E-state index in [0.29, 0.717) is 17.5 Å². The van der Waals surface area contributed by atoms with Crippen LogP contribution in [-0.4, -0.2) is 41.0 Å². The van der Waals surface area contributed by atoms with E-state index in [2.05, 4.69) is 39.5 Å². The summed E-state index contributed by atoms with van der Waals surface area (Å²) < 4.78 is 5.13. The molecule has 1 fully saturated rings. The van der Waals surface area contributed by atoms with Gasteiger partial charge in [-0.1, -0.05) is 24.3 Å². The van der Waals surface area contributed by atoms with E-state index < -0.39 is 0 Å². The van der Waals surface area contributed by atoms with Gasteiger partial charge < -0.3 is 9.73 Å². The molecule has 1 aliphatic carbocycles. The molecule has 5 heteroatoms. The number of amides is 1. The number of oxazole rings is 1. The molecule has 1 atom stereocenters. The van der Waals surface area contributed by atoms with Crippen LogP contribution in [0, 0.1) is 6.92 Å². The molecule has 1 aliphatic heterocycles. The highest BCUT2D eigenvalue weighted by atomic mass is 16.3. The number of fused-ring (bicyclic) bond motifs is 1. The summed E-state index contributed by atoms with van der Waals surface area (Å²) in [6.45, 7) is 3.81. The highest BCUT2D eigenvalue weighted by Crippen LogP contribution is 2.27. The van der Waals surface area contributed by atoms with E-state index in [9.17, 15) is 4.79 Å². The topological polar surface area (TPSA) is 58.4 Å². The number of rotatable bonds is 3. The zero-order chi connectivity index (χ0) is 16.5. The number of carbonyl (C=O) groups excluding carboxylic acids is 1. The molecule has 1 amide bonds. The number of hydrogen-bond donors (Lipinski definition) is 1. The summed E-state index contributed by atoms with van der Waals surface area (Å²) in [4.78, 5) is 18.9. The SMILES string of the molecule is Cc1ocnc1C(=O)N[C@H]1CCCN(C2Cc3ccccc3C2)C1. The summed E-state index contributed by atoms with van der Waals surface area (Å²) in [7, 11) is 0. The van der Waals surface area contributed by atoms with Crippen LogP contribution in [0.5, 0.6) is 0 Å². The van der Waals surface area contributed by atoms with Crippen molar-refractivity contribution in [2.75, 3.05) is 13.1 Å². The van der Waals surface area contributed by atoms with Crippen LogP contribution in [0.3, 0.4) is 0 Å². The fraction of sp³-hybridized carbons (Fsp3) is 0.474. The van der Waals surface area contributed by atoms with Crippen LogP contribution in [0.2, 0.25) is 0 Å². The maximum absolute atomic E-state index is 12.3. The predicted octanol–water partition coefficient (Wildman–Crippen LogP) is 2.34. The van der Waals surface area contributed by atoms with Crippen molar-refractivity contribution in [3.8, 4) is 0 Å². The Hall–Kier alpha value is -2.14. The lowest BCUT2D eigenvalue weighted by Gasteiger charge is -2.37. The van der Waals surface area contributed by atoms with Gasteiger partial charge in [0.15, 0.2) is 12.1 Å². The largest absolute Gasteiger partial charge is 0.448 e. The number of hydrogen-bond acceptors (Lipinski definition) is 4. The second-order valence-corrected chi connectivity index (χ2v) is 6.90. The van der Waals surface area contributed by atoms with Gasteiger partial charge in [0.25, 0.3) is 5.91 Å². The summed E-state index contributed by atoms with van der Waals surface area (Å²) in [5.74, 6) is 0.453. The molecule has 2 aliphatic rings. The molecule has 0 bridgehead atoms. The number of nitrogens with one attached hydrogen (secondary N) is 1. The van der Waals surface area contributed by atoms with Crippen molar-refractivity contribution in [3.05, 3.63) is 53.2 Å². The van der Waals surface area contributed by atoms with Gasteiger partial charge in [-0.3, -0.25) is 9.69 Å². The Labute approximate surface area is 142 Å². The van der Waals surface area contributed by atoms with Crippen LogP contribution in [0.1, 0.15) is 40.2 Å². The van der Waals surface area contributed by atoms with E-state index in [-0.39, 0.29) is 11.9 Å². The van der Waals surface area contributed by atoms with Crippen LogP contribution in [-0.2, 0) is 12.8 Å². The molecule has 2 heterocycles. The quantitative estimate of drug-likeness (QED) is 0.941. The van der Waals surface area contributed by atoms with Crippen molar-refractivity contribution in [1.29, 1.82) is 0 Å². The Morgan fingerprint density at radius 3 is 2.71 bits per heavy atom. The zero-order valence-electron chi connectivity index (χ0n) is 14.0. The van der Waals surface area contributed by atoms with Crippen LogP contribution in [0.4, 0.5) is 0 Å². The molecule has 1 aromatic carbocycles. The van der Waals surface area contributed by atoms with Gasteiger partial charge in [-0.15, -0.1) is 0 Å². The second kappa shape index (κ2) is 6.40. The molecule has 4 rings (SSSR count). The highest BCUT2D eigenvalue weighted by molar-refractivity contribution is 5.93. The normalized spacial score (nSPS) is 21.6. The first kappa shape index (κ1) is 15.4. The van der Waals surface area contributed by atoms with E-state index in [1.807, 2.05) is 0 Å². The van der Waals surface area contributed by atoms with Crippen LogP contribution < -0.4 is 5.32 Å². The van der Waals surface area contributed by atoms with Gasteiger partial charge in [0, 0.05) is 18.6 Å². The molecule has 1 aromatic heterocycles. The van der Waals surface area contributed by atoms with Crippen LogP contribution >= 0.6 is 0 Å².